The Kier molecular flexibility index (Phi) is 4.90. The number of hydrogen-bond acceptors (Lipinski definition) is 3. The normalized spacial score (nSPS) is 15.8. The first-order valence-electron chi connectivity index (χ1n) is 9.14. The Morgan fingerprint density at radius 1 is 0.963 bits per heavy atom. The van der Waals surface area contributed by atoms with E-state index in [4.69, 9.17) is 4.74 Å². The molecule has 4 nitrogen and oxygen atoms in total. The molecule has 1 unspecified atom stereocenters. The molecule has 0 aliphatic carbocycles. The van der Waals surface area contributed by atoms with E-state index in [0.717, 1.165) is 11.3 Å². The molecule has 0 bridgehead atoms. The minimum Gasteiger partial charge on any atom is -0.479 e. The lowest BCUT2D eigenvalue weighted by Crippen LogP contribution is -2.34. The zero-order valence-corrected chi connectivity index (χ0v) is 15.2. The Hall–Kier alpha value is -3.11. The summed E-state index contributed by atoms with van der Waals surface area (Å²) in [6.07, 6.45) is -0.456. The molecule has 4 rings (SSSR count). The number of benzene rings is 3. The Bertz CT molecular complexity index is 886. The molecule has 0 saturated carbocycles. The quantitative estimate of drug-likeness (QED) is 0.715. The Morgan fingerprint density at radius 2 is 1.59 bits per heavy atom. The molecule has 0 saturated heterocycles. The molecule has 1 amide bonds. The summed E-state index contributed by atoms with van der Waals surface area (Å²) in [5.74, 6) is 0.604. The molecule has 4 heteroatoms. The van der Waals surface area contributed by atoms with Gasteiger partial charge in [0.2, 0.25) is 0 Å². The Balaban J connectivity index is 1.55. The van der Waals surface area contributed by atoms with Crippen LogP contribution in [-0.2, 0) is 11.3 Å². The third-order valence-corrected chi connectivity index (χ3v) is 4.75. The van der Waals surface area contributed by atoms with Gasteiger partial charge in [0.15, 0.2) is 6.10 Å². The van der Waals surface area contributed by atoms with Crippen molar-refractivity contribution in [3.8, 4) is 5.75 Å². The van der Waals surface area contributed by atoms with Gasteiger partial charge < -0.3 is 15.4 Å². The monoisotopic (exact) mass is 358 g/mol. The van der Waals surface area contributed by atoms with Crippen LogP contribution in [0.3, 0.4) is 0 Å². The summed E-state index contributed by atoms with van der Waals surface area (Å²) in [6.45, 7) is 2.42. The van der Waals surface area contributed by atoms with Crippen molar-refractivity contribution < 1.29 is 9.53 Å². The Morgan fingerprint density at radius 3 is 2.22 bits per heavy atom. The number of anilines is 1. The second-order valence-corrected chi connectivity index (χ2v) is 6.72. The summed E-state index contributed by atoms with van der Waals surface area (Å²) in [7, 11) is 0. The van der Waals surface area contributed by atoms with E-state index in [0.29, 0.717) is 12.3 Å². The van der Waals surface area contributed by atoms with Gasteiger partial charge in [-0.25, -0.2) is 0 Å². The van der Waals surface area contributed by atoms with Crippen molar-refractivity contribution in [3.63, 3.8) is 0 Å². The summed E-state index contributed by atoms with van der Waals surface area (Å²) in [5, 5.41) is 6.55. The van der Waals surface area contributed by atoms with Crippen LogP contribution in [0.15, 0.2) is 78.9 Å². The van der Waals surface area contributed by atoms with Crippen LogP contribution in [0.1, 0.15) is 29.7 Å². The molecular formula is C23H22N2O2. The maximum Gasteiger partial charge on any atom is 0.265 e. The predicted molar refractivity (Wildman–Crippen MR) is 107 cm³/mol. The fourth-order valence-corrected chi connectivity index (χ4v) is 3.30. The van der Waals surface area contributed by atoms with E-state index in [-0.39, 0.29) is 11.9 Å². The lowest BCUT2D eigenvalue weighted by Gasteiger charge is -2.24. The number of rotatable bonds is 5. The van der Waals surface area contributed by atoms with Crippen LogP contribution in [0.4, 0.5) is 5.69 Å². The second kappa shape index (κ2) is 7.64. The SMILES string of the molecule is CC1Oc2ccc(CNC(c3ccccc3)c3ccccc3)cc2NC1=O. The molecule has 0 fully saturated rings. The van der Waals surface area contributed by atoms with Crippen molar-refractivity contribution >= 4 is 11.6 Å². The molecule has 27 heavy (non-hydrogen) atoms. The average Bonchev–Trinajstić information content (AvgIpc) is 2.71. The summed E-state index contributed by atoms with van der Waals surface area (Å²) in [6, 6.07) is 26.8. The fraction of sp³-hybridized carbons (Fsp3) is 0.174. The van der Waals surface area contributed by atoms with Gasteiger partial charge in [0.25, 0.3) is 5.91 Å². The van der Waals surface area contributed by atoms with Crippen molar-refractivity contribution in [2.45, 2.75) is 25.6 Å². The molecule has 1 atom stereocenters. The van der Waals surface area contributed by atoms with E-state index in [9.17, 15) is 4.79 Å². The first-order chi connectivity index (χ1) is 13.2. The number of carbonyl (C=O) groups excluding carboxylic acids is 1. The number of amides is 1. The molecule has 0 spiro atoms. The minimum absolute atomic E-state index is 0.0919. The van der Waals surface area contributed by atoms with Gasteiger partial charge >= 0.3 is 0 Å². The van der Waals surface area contributed by atoms with Gasteiger partial charge in [0, 0.05) is 6.54 Å². The van der Waals surface area contributed by atoms with Gasteiger partial charge in [0.05, 0.1) is 11.7 Å². The number of ether oxygens (including phenoxy) is 1. The molecule has 136 valence electrons. The van der Waals surface area contributed by atoms with Gasteiger partial charge in [-0.15, -0.1) is 0 Å². The first kappa shape index (κ1) is 17.3. The third-order valence-electron chi connectivity index (χ3n) is 4.75. The van der Waals surface area contributed by atoms with Crippen LogP contribution in [0, 0.1) is 0 Å². The number of fused-ring (bicyclic) bond motifs is 1. The highest BCUT2D eigenvalue weighted by atomic mass is 16.5. The highest BCUT2D eigenvalue weighted by Crippen LogP contribution is 2.31. The third kappa shape index (κ3) is 3.86. The maximum atomic E-state index is 11.9. The van der Waals surface area contributed by atoms with Crippen molar-refractivity contribution in [2.75, 3.05) is 5.32 Å². The molecular weight excluding hydrogens is 336 g/mol. The van der Waals surface area contributed by atoms with Crippen LogP contribution >= 0.6 is 0 Å². The second-order valence-electron chi connectivity index (χ2n) is 6.72. The van der Waals surface area contributed by atoms with E-state index in [2.05, 4.69) is 59.2 Å². The molecule has 0 aromatic heterocycles. The van der Waals surface area contributed by atoms with E-state index < -0.39 is 6.10 Å². The molecule has 3 aromatic carbocycles. The van der Waals surface area contributed by atoms with Gasteiger partial charge in [-0.2, -0.15) is 0 Å². The summed E-state index contributed by atoms with van der Waals surface area (Å²) >= 11 is 0. The van der Waals surface area contributed by atoms with Crippen LogP contribution in [0.25, 0.3) is 0 Å². The summed E-state index contributed by atoms with van der Waals surface area (Å²) < 4.78 is 5.63. The summed E-state index contributed by atoms with van der Waals surface area (Å²) in [4.78, 5) is 11.9. The predicted octanol–water partition coefficient (Wildman–Crippen LogP) is 4.29. The fourth-order valence-electron chi connectivity index (χ4n) is 3.30. The number of carbonyl (C=O) groups is 1. The van der Waals surface area contributed by atoms with Crippen LogP contribution in [0.2, 0.25) is 0 Å². The summed E-state index contributed by atoms with van der Waals surface area (Å²) in [5.41, 5.74) is 4.25. The van der Waals surface area contributed by atoms with Crippen LogP contribution in [-0.4, -0.2) is 12.0 Å². The van der Waals surface area contributed by atoms with Crippen molar-refractivity contribution in [1.82, 2.24) is 5.32 Å². The van der Waals surface area contributed by atoms with Crippen molar-refractivity contribution in [1.29, 1.82) is 0 Å². The minimum atomic E-state index is -0.456. The smallest absolute Gasteiger partial charge is 0.265 e. The number of hydrogen-bond donors (Lipinski definition) is 2. The molecule has 1 heterocycles. The Labute approximate surface area is 159 Å². The lowest BCUT2D eigenvalue weighted by molar-refractivity contribution is -0.122. The lowest BCUT2D eigenvalue weighted by atomic mass is 9.98. The van der Waals surface area contributed by atoms with Crippen LogP contribution < -0.4 is 15.4 Å². The van der Waals surface area contributed by atoms with Gasteiger partial charge in [-0.05, 0) is 35.7 Å². The zero-order chi connectivity index (χ0) is 18.6. The van der Waals surface area contributed by atoms with E-state index >= 15 is 0 Å². The van der Waals surface area contributed by atoms with E-state index in [1.165, 1.54) is 11.1 Å². The van der Waals surface area contributed by atoms with Crippen LogP contribution in [0.5, 0.6) is 5.75 Å². The van der Waals surface area contributed by atoms with Gasteiger partial charge in [-0.1, -0.05) is 66.7 Å². The highest BCUT2D eigenvalue weighted by molar-refractivity contribution is 5.97. The average molecular weight is 358 g/mol. The van der Waals surface area contributed by atoms with Gasteiger partial charge in [0.1, 0.15) is 5.75 Å². The molecule has 0 radical (unpaired) electrons. The van der Waals surface area contributed by atoms with Crippen molar-refractivity contribution in [3.05, 3.63) is 95.6 Å². The first-order valence-corrected chi connectivity index (χ1v) is 9.14. The van der Waals surface area contributed by atoms with Crippen molar-refractivity contribution in [2.24, 2.45) is 0 Å². The van der Waals surface area contributed by atoms with Gasteiger partial charge in [-0.3, -0.25) is 4.79 Å². The maximum absolute atomic E-state index is 11.9. The van der Waals surface area contributed by atoms with E-state index in [1.54, 1.807) is 6.92 Å². The zero-order valence-electron chi connectivity index (χ0n) is 15.2. The molecule has 1 aliphatic heterocycles. The largest absolute Gasteiger partial charge is 0.479 e. The molecule has 2 N–H and O–H groups in total. The number of nitrogens with one attached hydrogen (secondary N) is 2. The highest BCUT2D eigenvalue weighted by Gasteiger charge is 2.23. The van der Waals surface area contributed by atoms with E-state index in [1.807, 2.05) is 30.3 Å². The molecule has 1 aliphatic rings. The standard InChI is InChI=1S/C23H22N2O2/c1-16-23(26)25-20-14-17(12-13-21(20)27-16)15-24-22(18-8-4-2-5-9-18)19-10-6-3-7-11-19/h2-14,16,22,24H,15H2,1H3,(H,25,26). The molecule has 3 aromatic rings. The topological polar surface area (TPSA) is 50.4 Å².